The molecule has 0 unspecified atom stereocenters. The molecule has 0 aliphatic heterocycles. The van der Waals surface area contributed by atoms with Gasteiger partial charge in [0.2, 0.25) is 5.91 Å². The summed E-state index contributed by atoms with van der Waals surface area (Å²) >= 11 is 0. The highest BCUT2D eigenvalue weighted by Crippen LogP contribution is 1.94. The van der Waals surface area contributed by atoms with E-state index in [4.69, 9.17) is 10.5 Å². The molecule has 5 heteroatoms. The summed E-state index contributed by atoms with van der Waals surface area (Å²) in [5.41, 5.74) is 4.95. The predicted octanol–water partition coefficient (Wildman–Crippen LogP) is 0.788. The molecule has 0 heterocycles. The average molecular weight is 261 g/mol. The van der Waals surface area contributed by atoms with Gasteiger partial charge in [-0.25, -0.2) is 0 Å². The Labute approximate surface area is 112 Å². The van der Waals surface area contributed by atoms with Crippen molar-refractivity contribution in [3.8, 4) is 0 Å². The second-order valence-corrected chi connectivity index (χ2v) is 4.33. The molecule has 0 aromatic rings. The number of carbonyl (C=O) groups excluding carboxylic acids is 1. The maximum atomic E-state index is 10.4. The fraction of sp³-hybridized carbons (Fsp3) is 0.923. The Kier molecular flexibility index (Phi) is 15.8. The number of rotatable bonds is 10. The Morgan fingerprint density at radius 1 is 1.06 bits per heavy atom. The molecule has 0 rings (SSSR count). The largest absolute Gasteiger partial charge is 0.372 e. The number of nitrogens with zero attached hydrogens (tertiary/aromatic N) is 2. The third kappa shape index (κ3) is 17.7. The van der Waals surface area contributed by atoms with Gasteiger partial charge in [0.05, 0.1) is 0 Å². The third-order valence-corrected chi connectivity index (χ3v) is 2.25. The molecule has 18 heavy (non-hydrogen) atoms. The third-order valence-electron chi connectivity index (χ3n) is 2.25. The first-order valence-electron chi connectivity index (χ1n) is 6.71. The molecule has 1 amide bonds. The number of likely N-dealkylation sites (N-methyl/N-ethyl adjacent to an activating group) is 2. The van der Waals surface area contributed by atoms with Crippen LogP contribution in [0, 0.1) is 0 Å². The van der Waals surface area contributed by atoms with Crippen LogP contribution < -0.4 is 5.73 Å². The summed E-state index contributed by atoms with van der Waals surface area (Å²) in [6.45, 7) is 7.87. The van der Waals surface area contributed by atoms with E-state index in [0.717, 1.165) is 32.5 Å². The van der Waals surface area contributed by atoms with E-state index < -0.39 is 5.91 Å². The maximum Gasteiger partial charge on any atom is 0.243 e. The van der Waals surface area contributed by atoms with Crippen molar-refractivity contribution in [3.05, 3.63) is 0 Å². The molecule has 0 aliphatic carbocycles. The number of hydrogen-bond donors (Lipinski definition) is 1. The van der Waals surface area contributed by atoms with Gasteiger partial charge in [-0.3, -0.25) is 4.79 Å². The summed E-state index contributed by atoms with van der Waals surface area (Å²) < 4.78 is 5.07. The van der Waals surface area contributed by atoms with E-state index in [1.54, 1.807) is 0 Å². The molecule has 110 valence electrons. The standard InChI is InChI=1S/C11H25N3O2.C2H6/c1-13(2)7-8-14(3)6-4-5-9-16-10-11(12)15;1-2/h4-10H2,1-3H3,(H2,12,15);1-2H3. The zero-order valence-corrected chi connectivity index (χ0v) is 12.7. The molecule has 0 aromatic carbocycles. The van der Waals surface area contributed by atoms with Gasteiger partial charge in [0.15, 0.2) is 0 Å². The lowest BCUT2D eigenvalue weighted by Crippen LogP contribution is -2.29. The van der Waals surface area contributed by atoms with Gasteiger partial charge in [-0.05, 0) is 40.5 Å². The Morgan fingerprint density at radius 2 is 1.67 bits per heavy atom. The topological polar surface area (TPSA) is 58.8 Å². The van der Waals surface area contributed by atoms with E-state index >= 15 is 0 Å². The molecule has 0 saturated heterocycles. The van der Waals surface area contributed by atoms with Crippen LogP contribution in [0.4, 0.5) is 0 Å². The lowest BCUT2D eigenvalue weighted by molar-refractivity contribution is -0.122. The van der Waals surface area contributed by atoms with Crippen molar-refractivity contribution in [1.29, 1.82) is 0 Å². The van der Waals surface area contributed by atoms with Gasteiger partial charge >= 0.3 is 0 Å². The Hall–Kier alpha value is -0.650. The first-order valence-corrected chi connectivity index (χ1v) is 6.71. The van der Waals surface area contributed by atoms with E-state index in [-0.39, 0.29) is 6.61 Å². The van der Waals surface area contributed by atoms with Crippen LogP contribution in [0.5, 0.6) is 0 Å². The number of primary amides is 1. The Morgan fingerprint density at radius 3 is 2.17 bits per heavy atom. The number of nitrogens with two attached hydrogens (primary N) is 1. The summed E-state index contributed by atoms with van der Waals surface area (Å²) in [6.07, 6.45) is 2.06. The summed E-state index contributed by atoms with van der Waals surface area (Å²) in [5.74, 6) is -0.400. The van der Waals surface area contributed by atoms with E-state index in [1.165, 1.54) is 0 Å². The van der Waals surface area contributed by atoms with Crippen LogP contribution >= 0.6 is 0 Å². The molecule has 0 fully saturated rings. The lowest BCUT2D eigenvalue weighted by atomic mass is 10.3. The highest BCUT2D eigenvalue weighted by Gasteiger charge is 1.99. The van der Waals surface area contributed by atoms with Gasteiger partial charge < -0.3 is 20.3 Å². The number of amides is 1. The van der Waals surface area contributed by atoms with Gasteiger partial charge in [-0.2, -0.15) is 0 Å². The van der Waals surface area contributed by atoms with Crippen LogP contribution in [0.3, 0.4) is 0 Å². The van der Waals surface area contributed by atoms with Crippen molar-refractivity contribution in [2.24, 2.45) is 5.73 Å². The molecule has 0 radical (unpaired) electrons. The monoisotopic (exact) mass is 261 g/mol. The SMILES string of the molecule is CC.CN(C)CCN(C)CCCCOCC(N)=O. The van der Waals surface area contributed by atoms with Crippen LogP contribution in [-0.2, 0) is 9.53 Å². The number of unbranched alkanes of at least 4 members (excludes halogenated alkanes) is 1. The van der Waals surface area contributed by atoms with Crippen LogP contribution in [0.2, 0.25) is 0 Å². The second kappa shape index (κ2) is 14.4. The summed E-state index contributed by atoms with van der Waals surface area (Å²) in [7, 11) is 6.27. The molecule has 0 aliphatic rings. The zero-order chi connectivity index (χ0) is 14.4. The van der Waals surface area contributed by atoms with Crippen LogP contribution in [0.1, 0.15) is 26.7 Å². The lowest BCUT2D eigenvalue weighted by Gasteiger charge is -2.18. The fourth-order valence-corrected chi connectivity index (χ4v) is 1.24. The van der Waals surface area contributed by atoms with Crippen molar-refractivity contribution in [1.82, 2.24) is 9.80 Å². The molecular weight excluding hydrogens is 230 g/mol. The first kappa shape index (κ1) is 19.7. The highest BCUT2D eigenvalue weighted by atomic mass is 16.5. The van der Waals surface area contributed by atoms with Gasteiger partial charge in [-0.1, -0.05) is 13.8 Å². The number of carbonyl (C=O) groups is 1. The van der Waals surface area contributed by atoms with Crippen LogP contribution in [-0.4, -0.2) is 69.7 Å². The minimum Gasteiger partial charge on any atom is -0.372 e. The molecule has 5 nitrogen and oxygen atoms in total. The second-order valence-electron chi connectivity index (χ2n) is 4.33. The van der Waals surface area contributed by atoms with Crippen molar-refractivity contribution in [2.45, 2.75) is 26.7 Å². The normalized spacial score (nSPS) is 10.4. The summed E-state index contributed by atoms with van der Waals surface area (Å²) in [5, 5.41) is 0. The van der Waals surface area contributed by atoms with Gasteiger partial charge in [-0.15, -0.1) is 0 Å². The van der Waals surface area contributed by atoms with Crippen LogP contribution in [0.15, 0.2) is 0 Å². The molecule has 0 aromatic heterocycles. The zero-order valence-electron chi connectivity index (χ0n) is 12.7. The van der Waals surface area contributed by atoms with Crippen molar-refractivity contribution >= 4 is 5.91 Å². The Balaban J connectivity index is 0. The average Bonchev–Trinajstić information content (AvgIpc) is 2.33. The van der Waals surface area contributed by atoms with E-state index in [0.29, 0.717) is 6.61 Å². The molecule has 0 bridgehead atoms. The van der Waals surface area contributed by atoms with Crippen molar-refractivity contribution in [3.63, 3.8) is 0 Å². The first-order chi connectivity index (χ1) is 8.52. The quantitative estimate of drug-likeness (QED) is 0.591. The molecule has 0 spiro atoms. The smallest absolute Gasteiger partial charge is 0.243 e. The molecular formula is C13H31N3O2. The van der Waals surface area contributed by atoms with E-state index in [2.05, 4.69) is 30.9 Å². The number of ether oxygens (including phenoxy) is 1. The van der Waals surface area contributed by atoms with Crippen molar-refractivity contribution < 1.29 is 9.53 Å². The van der Waals surface area contributed by atoms with Gasteiger partial charge in [0, 0.05) is 19.7 Å². The molecule has 0 saturated carbocycles. The number of hydrogen-bond acceptors (Lipinski definition) is 4. The minimum absolute atomic E-state index is 0.0382. The van der Waals surface area contributed by atoms with Gasteiger partial charge in [0.1, 0.15) is 6.61 Å². The summed E-state index contributed by atoms with van der Waals surface area (Å²) in [6, 6.07) is 0. The fourth-order valence-electron chi connectivity index (χ4n) is 1.24. The van der Waals surface area contributed by atoms with Gasteiger partial charge in [0.25, 0.3) is 0 Å². The van der Waals surface area contributed by atoms with Crippen LogP contribution in [0.25, 0.3) is 0 Å². The predicted molar refractivity (Wildman–Crippen MR) is 76.6 cm³/mol. The van der Waals surface area contributed by atoms with E-state index in [9.17, 15) is 4.79 Å². The molecule has 0 atom stereocenters. The van der Waals surface area contributed by atoms with E-state index in [1.807, 2.05) is 13.8 Å². The summed E-state index contributed by atoms with van der Waals surface area (Å²) in [4.78, 5) is 14.8. The molecule has 2 N–H and O–H groups in total. The Bertz CT molecular complexity index is 187. The van der Waals surface area contributed by atoms with Crippen molar-refractivity contribution in [2.75, 3.05) is 54.0 Å². The highest BCUT2D eigenvalue weighted by molar-refractivity contribution is 5.74. The minimum atomic E-state index is -0.400. The maximum absolute atomic E-state index is 10.4.